The van der Waals surface area contributed by atoms with Crippen LogP contribution < -0.4 is 5.32 Å². The van der Waals surface area contributed by atoms with Gasteiger partial charge in [0.05, 0.1) is 22.4 Å². The van der Waals surface area contributed by atoms with E-state index < -0.39 is 0 Å². The Hall–Kier alpha value is -3.11. The number of carbonyl (C=O) groups excluding carboxylic acids is 2. The molecule has 7 nitrogen and oxygen atoms in total. The molecule has 2 fully saturated rings. The maximum atomic E-state index is 13.8. The summed E-state index contributed by atoms with van der Waals surface area (Å²) in [6.45, 7) is 4.74. The zero-order valence-electron chi connectivity index (χ0n) is 18.6. The lowest BCUT2D eigenvalue weighted by atomic mass is 10.1. The van der Waals surface area contributed by atoms with Crippen LogP contribution >= 0.6 is 22.7 Å². The molecule has 174 valence electrons. The number of piperidine rings is 1. The molecular weight excluding hydrogens is 473 g/mol. The lowest BCUT2D eigenvalue weighted by molar-refractivity contribution is 0.0699. The fraction of sp³-hybridized carbons (Fsp3) is 0.333. The van der Waals surface area contributed by atoms with Crippen LogP contribution in [0.2, 0.25) is 0 Å². The van der Waals surface area contributed by atoms with Gasteiger partial charge in [-0.1, -0.05) is 12.1 Å². The van der Waals surface area contributed by atoms with E-state index in [0.717, 1.165) is 16.4 Å². The molecule has 4 aromatic rings. The van der Waals surface area contributed by atoms with Gasteiger partial charge < -0.3 is 10.2 Å². The lowest BCUT2D eigenvalue weighted by Crippen LogP contribution is -2.45. The first-order valence-electron chi connectivity index (χ1n) is 11.2. The summed E-state index contributed by atoms with van der Waals surface area (Å²) >= 11 is 2.82. The van der Waals surface area contributed by atoms with E-state index in [9.17, 15) is 14.0 Å². The van der Waals surface area contributed by atoms with Crippen LogP contribution in [0.1, 0.15) is 37.3 Å². The third-order valence-corrected chi connectivity index (χ3v) is 8.43. The van der Waals surface area contributed by atoms with Gasteiger partial charge in [0.2, 0.25) is 0 Å². The Morgan fingerprint density at radius 3 is 2.94 bits per heavy atom. The maximum Gasteiger partial charge on any atom is 0.270 e. The van der Waals surface area contributed by atoms with Crippen molar-refractivity contribution in [3.8, 4) is 11.3 Å². The second kappa shape index (κ2) is 7.99. The summed E-state index contributed by atoms with van der Waals surface area (Å²) in [7, 11) is 0. The maximum absolute atomic E-state index is 13.8. The van der Waals surface area contributed by atoms with E-state index in [-0.39, 0.29) is 23.7 Å². The number of likely N-dealkylation sites (tertiary alicyclic amines) is 1. The first kappa shape index (κ1) is 21.4. The first-order valence-corrected chi connectivity index (χ1v) is 12.8. The quantitative estimate of drug-likeness (QED) is 0.451. The van der Waals surface area contributed by atoms with Crippen molar-refractivity contribution in [1.29, 1.82) is 0 Å². The molecule has 0 unspecified atom stereocenters. The zero-order valence-corrected chi connectivity index (χ0v) is 20.3. The van der Waals surface area contributed by atoms with Gasteiger partial charge in [-0.05, 0) is 44.2 Å². The van der Waals surface area contributed by atoms with Crippen molar-refractivity contribution in [3.63, 3.8) is 0 Å². The van der Waals surface area contributed by atoms with Crippen LogP contribution in [0.3, 0.4) is 0 Å². The van der Waals surface area contributed by atoms with Crippen LogP contribution in [0.5, 0.6) is 0 Å². The third-order valence-electron chi connectivity index (χ3n) is 6.71. The van der Waals surface area contributed by atoms with Crippen molar-refractivity contribution in [1.82, 2.24) is 24.6 Å². The Morgan fingerprint density at radius 1 is 1.26 bits per heavy atom. The first-order chi connectivity index (χ1) is 16.4. The highest BCUT2D eigenvalue weighted by atomic mass is 32.1. The molecule has 1 aliphatic carbocycles. The number of imidazole rings is 1. The van der Waals surface area contributed by atoms with Gasteiger partial charge in [-0.2, -0.15) is 0 Å². The number of thiazole rings is 2. The molecule has 6 rings (SSSR count). The summed E-state index contributed by atoms with van der Waals surface area (Å²) < 4.78 is 15.6. The SMILES string of the molecule is Cc1nc(-c2cccc(F)c2)c(C(=O)N2C[C@@H]3C[C@@H]3[C@H]2CNC(=O)c2c(C)nc3sccn23)s1. The Kier molecular flexibility index (Phi) is 5.03. The monoisotopic (exact) mass is 495 g/mol. The smallest absolute Gasteiger partial charge is 0.270 e. The molecular formula is C24H22FN5O2S2. The van der Waals surface area contributed by atoms with Gasteiger partial charge >= 0.3 is 0 Å². The van der Waals surface area contributed by atoms with Gasteiger partial charge in [-0.25, -0.2) is 14.4 Å². The van der Waals surface area contributed by atoms with Gasteiger partial charge in [0.1, 0.15) is 16.4 Å². The number of aryl methyl sites for hydroxylation is 2. The number of hydrogen-bond donors (Lipinski definition) is 1. The van der Waals surface area contributed by atoms with E-state index in [2.05, 4.69) is 15.3 Å². The van der Waals surface area contributed by atoms with Crippen LogP contribution in [-0.4, -0.2) is 50.2 Å². The minimum absolute atomic E-state index is 0.0737. The topological polar surface area (TPSA) is 79.6 Å². The van der Waals surface area contributed by atoms with E-state index in [0.29, 0.717) is 52.4 Å². The number of nitrogens with one attached hydrogen (secondary N) is 1. The van der Waals surface area contributed by atoms with Crippen LogP contribution in [-0.2, 0) is 0 Å². The molecule has 34 heavy (non-hydrogen) atoms. The highest BCUT2D eigenvalue weighted by Gasteiger charge is 2.54. The largest absolute Gasteiger partial charge is 0.349 e. The Labute approximate surface area is 203 Å². The molecule has 2 amide bonds. The Morgan fingerprint density at radius 2 is 2.12 bits per heavy atom. The molecule has 1 saturated heterocycles. The van der Waals surface area contributed by atoms with Gasteiger partial charge in [0, 0.05) is 30.2 Å². The molecule has 3 atom stereocenters. The van der Waals surface area contributed by atoms with Crippen LogP contribution in [0.15, 0.2) is 35.8 Å². The molecule has 1 N–H and O–H groups in total. The fourth-order valence-corrected chi connectivity index (χ4v) is 6.71. The van der Waals surface area contributed by atoms with Crippen molar-refractivity contribution in [2.75, 3.05) is 13.1 Å². The summed E-state index contributed by atoms with van der Waals surface area (Å²) in [4.78, 5) is 38.8. The minimum Gasteiger partial charge on any atom is -0.349 e. The summed E-state index contributed by atoms with van der Waals surface area (Å²) in [6, 6.07) is 6.11. The zero-order chi connectivity index (χ0) is 23.6. The fourth-order valence-electron chi connectivity index (χ4n) is 5.05. The minimum atomic E-state index is -0.362. The van der Waals surface area contributed by atoms with Crippen LogP contribution in [0.25, 0.3) is 16.2 Å². The third kappa shape index (κ3) is 3.52. The van der Waals surface area contributed by atoms with Crippen molar-refractivity contribution in [2.45, 2.75) is 26.3 Å². The van der Waals surface area contributed by atoms with Crippen molar-refractivity contribution < 1.29 is 14.0 Å². The van der Waals surface area contributed by atoms with Gasteiger partial charge in [-0.15, -0.1) is 22.7 Å². The average molecular weight is 496 g/mol. The summed E-state index contributed by atoms with van der Waals surface area (Å²) in [5.74, 6) is 0.215. The second-order valence-electron chi connectivity index (χ2n) is 8.92. The predicted molar refractivity (Wildman–Crippen MR) is 129 cm³/mol. The molecule has 0 radical (unpaired) electrons. The highest BCUT2D eigenvalue weighted by Crippen LogP contribution is 2.50. The molecule has 1 aromatic carbocycles. The van der Waals surface area contributed by atoms with Crippen molar-refractivity contribution >= 4 is 39.4 Å². The molecule has 2 aliphatic rings. The van der Waals surface area contributed by atoms with E-state index in [1.165, 1.54) is 34.8 Å². The van der Waals surface area contributed by atoms with Crippen LogP contribution in [0.4, 0.5) is 4.39 Å². The lowest BCUT2D eigenvalue weighted by Gasteiger charge is -2.27. The molecule has 0 spiro atoms. The molecule has 10 heteroatoms. The second-order valence-corrected chi connectivity index (χ2v) is 11.0. The summed E-state index contributed by atoms with van der Waals surface area (Å²) in [5, 5.41) is 5.71. The number of amides is 2. The molecule has 1 saturated carbocycles. The van der Waals surface area contributed by atoms with Gasteiger partial charge in [-0.3, -0.25) is 14.0 Å². The number of hydrogen-bond acceptors (Lipinski definition) is 6. The highest BCUT2D eigenvalue weighted by molar-refractivity contribution is 7.15. The van der Waals surface area contributed by atoms with Crippen molar-refractivity contribution in [3.05, 3.63) is 62.9 Å². The summed E-state index contributed by atoms with van der Waals surface area (Å²) in [6.07, 6.45) is 2.92. The van der Waals surface area contributed by atoms with E-state index in [4.69, 9.17) is 0 Å². The predicted octanol–water partition coefficient (Wildman–Crippen LogP) is 4.17. The number of carbonyl (C=O) groups is 2. The van der Waals surface area contributed by atoms with Gasteiger partial charge in [0.15, 0.2) is 4.96 Å². The standard InChI is InChI=1S/C24H22FN5O2S2/c1-12-20(29-6-7-33-24(29)27-12)22(31)26-10-18-17-9-15(17)11-30(18)23(32)21-19(28-13(2)34-21)14-4-3-5-16(25)8-14/h3-8,15,17-18H,9-11H2,1-2H3,(H,26,31)/t15-,17-,18+/m0/s1. The molecule has 1 aliphatic heterocycles. The van der Waals surface area contributed by atoms with E-state index in [1.807, 2.05) is 30.3 Å². The number of rotatable bonds is 5. The molecule has 4 heterocycles. The summed E-state index contributed by atoms with van der Waals surface area (Å²) in [5.41, 5.74) is 2.34. The Balaban J connectivity index is 1.24. The van der Waals surface area contributed by atoms with Crippen molar-refractivity contribution in [2.24, 2.45) is 11.8 Å². The number of fused-ring (bicyclic) bond motifs is 2. The van der Waals surface area contributed by atoms with Gasteiger partial charge in [0.25, 0.3) is 11.8 Å². The Bertz CT molecular complexity index is 1440. The number of nitrogens with zero attached hydrogens (tertiary/aromatic N) is 4. The molecule has 3 aromatic heterocycles. The van der Waals surface area contributed by atoms with E-state index in [1.54, 1.807) is 16.5 Å². The van der Waals surface area contributed by atoms with Crippen LogP contribution in [0, 0.1) is 31.5 Å². The number of aromatic nitrogens is 3. The average Bonchev–Trinajstić information content (AvgIpc) is 3.14. The van der Waals surface area contributed by atoms with E-state index >= 15 is 0 Å². The number of halogens is 1. The molecule has 0 bridgehead atoms. The number of benzene rings is 1. The normalized spacial score (nSPS) is 21.1.